The fourth-order valence-corrected chi connectivity index (χ4v) is 4.30. The van der Waals surface area contributed by atoms with E-state index in [0.717, 1.165) is 17.1 Å². The Balaban J connectivity index is 1.88. The van der Waals surface area contributed by atoms with E-state index in [1.54, 1.807) is 0 Å². The quantitative estimate of drug-likeness (QED) is 0.454. The van der Waals surface area contributed by atoms with Crippen LogP contribution in [0.5, 0.6) is 0 Å². The predicted molar refractivity (Wildman–Crippen MR) is 121 cm³/mol. The molecule has 0 amide bonds. The molecule has 4 rings (SSSR count). The Labute approximate surface area is 173 Å². The molecule has 1 aliphatic carbocycles. The molecular formula is C27H24N2. The van der Waals surface area contributed by atoms with Crippen molar-refractivity contribution in [3.8, 4) is 17.2 Å². The molecule has 0 saturated heterocycles. The molecule has 29 heavy (non-hydrogen) atoms. The van der Waals surface area contributed by atoms with Gasteiger partial charge in [-0.05, 0) is 71.7 Å². The molecule has 0 spiro atoms. The van der Waals surface area contributed by atoms with E-state index in [1.807, 2.05) is 37.3 Å². The van der Waals surface area contributed by atoms with Crippen molar-refractivity contribution in [2.75, 3.05) is 4.90 Å². The molecule has 142 valence electrons. The summed E-state index contributed by atoms with van der Waals surface area (Å²) in [7, 11) is 0. The van der Waals surface area contributed by atoms with Crippen LogP contribution in [0.4, 0.5) is 11.4 Å². The maximum absolute atomic E-state index is 9.14. The Morgan fingerprint density at radius 3 is 2.24 bits per heavy atom. The highest BCUT2D eigenvalue weighted by Crippen LogP contribution is 2.50. The third-order valence-corrected chi connectivity index (χ3v) is 5.84. The lowest BCUT2D eigenvalue weighted by Gasteiger charge is -2.28. The number of fused-ring (bicyclic) bond motifs is 3. The molecule has 1 aliphatic rings. The normalized spacial score (nSPS) is 13.9. The number of nitrogens with zero attached hydrogens (tertiary/aromatic N) is 2. The smallest absolute Gasteiger partial charge is 0.0991 e. The summed E-state index contributed by atoms with van der Waals surface area (Å²) in [6.07, 6.45) is 3.92. The van der Waals surface area contributed by atoms with Crippen LogP contribution in [0.2, 0.25) is 0 Å². The van der Waals surface area contributed by atoms with Gasteiger partial charge in [-0.2, -0.15) is 5.26 Å². The summed E-state index contributed by atoms with van der Waals surface area (Å²) in [6, 6.07) is 25.2. The van der Waals surface area contributed by atoms with Crippen LogP contribution in [-0.2, 0) is 5.41 Å². The Bertz CT molecular complexity index is 1160. The zero-order valence-electron chi connectivity index (χ0n) is 17.1. The maximum Gasteiger partial charge on any atom is 0.0991 e. The SMILES string of the molecule is C=C/C(=C\C)N(c1ccc(C#N)cc1)c1ccc2c(c1)C(C)(C)c1ccccc1-2. The average Bonchev–Trinajstić information content (AvgIpc) is 2.99. The average molecular weight is 377 g/mol. The number of rotatable bonds is 4. The number of allylic oxidation sites excluding steroid dienone is 2. The van der Waals surface area contributed by atoms with Crippen LogP contribution < -0.4 is 4.90 Å². The van der Waals surface area contributed by atoms with E-state index in [1.165, 1.54) is 22.3 Å². The Morgan fingerprint density at radius 1 is 0.931 bits per heavy atom. The second-order valence-electron chi connectivity index (χ2n) is 7.81. The highest BCUT2D eigenvalue weighted by Gasteiger charge is 2.35. The van der Waals surface area contributed by atoms with Gasteiger partial charge in [0.2, 0.25) is 0 Å². The van der Waals surface area contributed by atoms with Crippen LogP contribution in [0.15, 0.2) is 91.2 Å². The van der Waals surface area contributed by atoms with Crippen LogP contribution in [0.25, 0.3) is 11.1 Å². The van der Waals surface area contributed by atoms with E-state index in [4.69, 9.17) is 5.26 Å². The number of anilines is 2. The van der Waals surface area contributed by atoms with Gasteiger partial charge in [-0.3, -0.25) is 0 Å². The van der Waals surface area contributed by atoms with Gasteiger partial charge >= 0.3 is 0 Å². The van der Waals surface area contributed by atoms with Gasteiger partial charge in [-0.25, -0.2) is 0 Å². The van der Waals surface area contributed by atoms with Crippen LogP contribution in [-0.4, -0.2) is 0 Å². The van der Waals surface area contributed by atoms with Crippen LogP contribution >= 0.6 is 0 Å². The summed E-state index contributed by atoms with van der Waals surface area (Å²) in [5, 5.41) is 9.14. The number of hydrogen-bond acceptors (Lipinski definition) is 2. The molecule has 2 heteroatoms. The third kappa shape index (κ3) is 2.96. The van der Waals surface area contributed by atoms with Gasteiger partial charge < -0.3 is 4.90 Å². The van der Waals surface area contributed by atoms with Gasteiger partial charge in [-0.1, -0.05) is 56.8 Å². The zero-order valence-corrected chi connectivity index (χ0v) is 17.1. The lowest BCUT2D eigenvalue weighted by atomic mass is 9.82. The third-order valence-electron chi connectivity index (χ3n) is 5.84. The summed E-state index contributed by atoms with van der Waals surface area (Å²) in [5.74, 6) is 0. The van der Waals surface area contributed by atoms with E-state index >= 15 is 0 Å². The van der Waals surface area contributed by atoms with Crippen molar-refractivity contribution in [2.45, 2.75) is 26.2 Å². The highest BCUT2D eigenvalue weighted by atomic mass is 15.1. The minimum Gasteiger partial charge on any atom is -0.311 e. The summed E-state index contributed by atoms with van der Waals surface area (Å²) in [6.45, 7) is 10.6. The molecule has 0 aliphatic heterocycles. The lowest BCUT2D eigenvalue weighted by Crippen LogP contribution is -2.18. The molecule has 0 bridgehead atoms. The van der Waals surface area contributed by atoms with Gasteiger partial charge in [-0.15, -0.1) is 0 Å². The lowest BCUT2D eigenvalue weighted by molar-refractivity contribution is 0.660. The van der Waals surface area contributed by atoms with Gasteiger partial charge in [0.05, 0.1) is 11.6 Å². The molecule has 0 atom stereocenters. The van der Waals surface area contributed by atoms with E-state index in [0.29, 0.717) is 5.56 Å². The molecule has 0 radical (unpaired) electrons. The molecule has 2 nitrogen and oxygen atoms in total. The van der Waals surface area contributed by atoms with Crippen LogP contribution in [0.3, 0.4) is 0 Å². The van der Waals surface area contributed by atoms with Crippen molar-refractivity contribution >= 4 is 11.4 Å². The molecule has 0 heterocycles. The van der Waals surface area contributed by atoms with Gasteiger partial charge in [0.15, 0.2) is 0 Å². The molecule has 0 unspecified atom stereocenters. The Morgan fingerprint density at radius 2 is 1.59 bits per heavy atom. The topological polar surface area (TPSA) is 27.0 Å². The molecular weight excluding hydrogens is 352 g/mol. The molecule has 0 fully saturated rings. The van der Waals surface area contributed by atoms with Gasteiger partial charge in [0.1, 0.15) is 0 Å². The summed E-state index contributed by atoms with van der Waals surface area (Å²) >= 11 is 0. The van der Waals surface area contributed by atoms with E-state index in [-0.39, 0.29) is 5.41 Å². The van der Waals surface area contributed by atoms with Crippen molar-refractivity contribution in [1.82, 2.24) is 0 Å². The zero-order chi connectivity index (χ0) is 20.6. The van der Waals surface area contributed by atoms with Gasteiger partial charge in [0.25, 0.3) is 0 Å². The molecule has 3 aromatic rings. The second kappa shape index (κ2) is 7.11. The minimum absolute atomic E-state index is 0.0530. The first-order valence-corrected chi connectivity index (χ1v) is 9.84. The van der Waals surface area contributed by atoms with Crippen molar-refractivity contribution in [1.29, 1.82) is 5.26 Å². The summed E-state index contributed by atoms with van der Waals surface area (Å²) in [4.78, 5) is 2.19. The van der Waals surface area contributed by atoms with Crippen LogP contribution in [0, 0.1) is 11.3 Å². The van der Waals surface area contributed by atoms with Crippen molar-refractivity contribution in [3.63, 3.8) is 0 Å². The highest BCUT2D eigenvalue weighted by molar-refractivity contribution is 5.84. The monoisotopic (exact) mass is 376 g/mol. The maximum atomic E-state index is 9.14. The van der Waals surface area contributed by atoms with Crippen molar-refractivity contribution in [2.24, 2.45) is 0 Å². The van der Waals surface area contributed by atoms with E-state index < -0.39 is 0 Å². The fourth-order valence-electron chi connectivity index (χ4n) is 4.30. The Kier molecular flexibility index (Phi) is 4.60. The van der Waals surface area contributed by atoms with Crippen LogP contribution in [0.1, 0.15) is 37.5 Å². The number of nitriles is 1. The molecule has 0 aromatic heterocycles. The van der Waals surface area contributed by atoms with E-state index in [9.17, 15) is 0 Å². The minimum atomic E-state index is -0.0530. The molecule has 0 saturated carbocycles. The summed E-state index contributed by atoms with van der Waals surface area (Å²) < 4.78 is 0. The molecule has 0 N–H and O–H groups in total. The number of benzene rings is 3. The molecule has 3 aromatic carbocycles. The fraction of sp³-hybridized carbons (Fsp3) is 0.148. The first-order valence-electron chi connectivity index (χ1n) is 9.84. The Hall–Kier alpha value is -3.57. The largest absolute Gasteiger partial charge is 0.311 e. The van der Waals surface area contributed by atoms with E-state index in [2.05, 4.69) is 79.9 Å². The van der Waals surface area contributed by atoms with Crippen molar-refractivity contribution < 1.29 is 0 Å². The second-order valence-corrected chi connectivity index (χ2v) is 7.81. The first kappa shape index (κ1) is 18.8. The first-order chi connectivity index (χ1) is 14.0. The van der Waals surface area contributed by atoms with Gasteiger partial charge in [0, 0.05) is 22.5 Å². The van der Waals surface area contributed by atoms with Crippen molar-refractivity contribution in [3.05, 3.63) is 108 Å². The summed E-state index contributed by atoms with van der Waals surface area (Å²) in [5.41, 5.74) is 9.01. The number of hydrogen-bond donors (Lipinski definition) is 0. The predicted octanol–water partition coefficient (Wildman–Crippen LogP) is 7.09. The standard InChI is InChI=1S/C27H24N2/c1-5-20(6-2)29(21-13-11-19(18-28)12-14-21)22-15-16-24-23-9-7-8-10-25(23)27(3,4)26(24)17-22/h5-17H,1H2,2-4H3/b20-6+.